The maximum absolute atomic E-state index is 12.9. The van der Waals surface area contributed by atoms with Crippen LogP contribution in [0, 0.1) is 0 Å². The maximum atomic E-state index is 12.9. The summed E-state index contributed by atoms with van der Waals surface area (Å²) in [7, 11) is 0. The van der Waals surface area contributed by atoms with Crippen LogP contribution in [0.25, 0.3) is 6.08 Å². The third-order valence-electron chi connectivity index (χ3n) is 5.23. The van der Waals surface area contributed by atoms with Gasteiger partial charge in [-0.1, -0.05) is 60.4 Å². The Balaban J connectivity index is 1.45. The van der Waals surface area contributed by atoms with Gasteiger partial charge in [-0.05, 0) is 29.8 Å². The summed E-state index contributed by atoms with van der Waals surface area (Å²) in [5.41, 5.74) is -0.334. The van der Waals surface area contributed by atoms with E-state index in [2.05, 4.69) is 5.32 Å². The number of nitrogens with one attached hydrogen (secondary N) is 1. The Labute approximate surface area is 206 Å². The van der Waals surface area contributed by atoms with Crippen LogP contribution in [0.3, 0.4) is 0 Å². The van der Waals surface area contributed by atoms with E-state index < -0.39 is 48.0 Å². The van der Waals surface area contributed by atoms with E-state index >= 15 is 0 Å². The third-order valence-corrected chi connectivity index (χ3v) is 6.56. The van der Waals surface area contributed by atoms with E-state index in [1.165, 1.54) is 6.07 Å². The minimum atomic E-state index is -4.60. The van der Waals surface area contributed by atoms with E-state index in [0.717, 1.165) is 40.4 Å². The molecule has 0 bridgehead atoms. The highest BCUT2D eigenvalue weighted by molar-refractivity contribution is 8.26. The fourth-order valence-corrected chi connectivity index (χ4v) is 4.96. The zero-order chi connectivity index (χ0) is 25.3. The number of rotatable bonds is 5. The van der Waals surface area contributed by atoms with Crippen molar-refractivity contribution < 1.29 is 32.3 Å². The highest BCUT2D eigenvalue weighted by Gasteiger charge is 2.48. The van der Waals surface area contributed by atoms with Gasteiger partial charge in [0.25, 0.3) is 11.8 Å². The third kappa shape index (κ3) is 5.28. The molecule has 0 aliphatic carbocycles. The number of anilines is 1. The zero-order valence-electron chi connectivity index (χ0n) is 17.7. The Hall–Kier alpha value is -3.51. The summed E-state index contributed by atoms with van der Waals surface area (Å²) >= 11 is 6.27. The second-order valence-corrected chi connectivity index (χ2v) is 9.30. The normalized spacial score (nSPS) is 19.7. The van der Waals surface area contributed by atoms with E-state index in [1.807, 2.05) is 6.07 Å². The van der Waals surface area contributed by atoms with Gasteiger partial charge < -0.3 is 5.32 Å². The lowest BCUT2D eigenvalue weighted by Crippen LogP contribution is -2.45. The number of hydrogen-bond acceptors (Lipinski definition) is 6. The van der Waals surface area contributed by atoms with Gasteiger partial charge in [0.15, 0.2) is 0 Å². The highest BCUT2D eigenvalue weighted by Crippen LogP contribution is 2.36. The minimum Gasteiger partial charge on any atom is -0.325 e. The van der Waals surface area contributed by atoms with E-state index in [9.17, 15) is 32.3 Å². The SMILES string of the molecule is O=C(CN1C(=O)C[C@H](N2C(=O)/C(=C/c3ccccc3)SC2=S)C1=O)Nc1cccc(C(F)(F)F)c1. The molecule has 4 rings (SSSR count). The zero-order valence-corrected chi connectivity index (χ0v) is 19.4. The summed E-state index contributed by atoms with van der Waals surface area (Å²) < 4.78 is 38.8. The molecule has 180 valence electrons. The molecule has 4 amide bonds. The fourth-order valence-electron chi connectivity index (χ4n) is 3.60. The van der Waals surface area contributed by atoms with Crippen molar-refractivity contribution in [1.29, 1.82) is 0 Å². The van der Waals surface area contributed by atoms with Crippen LogP contribution in [0.5, 0.6) is 0 Å². The van der Waals surface area contributed by atoms with Crippen LogP contribution in [0.1, 0.15) is 17.5 Å². The van der Waals surface area contributed by atoms with Gasteiger partial charge in [0.2, 0.25) is 11.8 Å². The Morgan fingerprint density at radius 1 is 1.11 bits per heavy atom. The lowest BCUT2D eigenvalue weighted by atomic mass is 10.2. The molecule has 1 atom stereocenters. The first-order chi connectivity index (χ1) is 16.5. The summed E-state index contributed by atoms with van der Waals surface area (Å²) in [6.45, 7) is -0.709. The number of likely N-dealkylation sites (tertiary alicyclic amines) is 1. The first-order valence-corrected chi connectivity index (χ1v) is 11.4. The van der Waals surface area contributed by atoms with Gasteiger partial charge in [-0.25, -0.2) is 0 Å². The molecule has 0 radical (unpaired) electrons. The molecule has 0 saturated carbocycles. The van der Waals surface area contributed by atoms with Crippen molar-refractivity contribution in [2.24, 2.45) is 0 Å². The second kappa shape index (κ2) is 9.62. The number of carbonyl (C=O) groups excluding carboxylic acids is 4. The Morgan fingerprint density at radius 3 is 2.51 bits per heavy atom. The molecule has 1 N–H and O–H groups in total. The second-order valence-electron chi connectivity index (χ2n) is 7.63. The molecule has 2 aromatic rings. The Morgan fingerprint density at radius 2 is 1.83 bits per heavy atom. The predicted octanol–water partition coefficient (Wildman–Crippen LogP) is 3.67. The smallest absolute Gasteiger partial charge is 0.325 e. The van der Waals surface area contributed by atoms with Crippen LogP contribution < -0.4 is 5.32 Å². The molecule has 0 aromatic heterocycles. The van der Waals surface area contributed by atoms with Crippen molar-refractivity contribution in [3.63, 3.8) is 0 Å². The summed E-state index contributed by atoms with van der Waals surface area (Å²) in [6, 6.07) is 11.8. The molecule has 2 aliphatic heterocycles. The number of alkyl halides is 3. The van der Waals surface area contributed by atoms with Gasteiger partial charge in [0.1, 0.15) is 16.9 Å². The molecule has 2 fully saturated rings. The number of carbonyl (C=O) groups is 4. The molecule has 12 heteroatoms. The predicted molar refractivity (Wildman–Crippen MR) is 127 cm³/mol. The average Bonchev–Trinajstić information content (AvgIpc) is 3.22. The van der Waals surface area contributed by atoms with Crippen molar-refractivity contribution in [3.05, 3.63) is 70.6 Å². The summed E-state index contributed by atoms with van der Waals surface area (Å²) in [5.74, 6) is -2.86. The standard InChI is InChI=1S/C23H16F3N3O4S2/c24-23(25,26)14-7-4-8-15(10-14)27-18(30)12-28-19(31)11-16(20(28)32)29-21(33)17(35-22(29)34)9-13-5-2-1-3-6-13/h1-10,16H,11-12H2,(H,27,30)/b17-9-/t16-/m0/s1. The van der Waals surface area contributed by atoms with Crippen molar-refractivity contribution >= 4 is 63.7 Å². The van der Waals surface area contributed by atoms with Gasteiger partial charge in [0.05, 0.1) is 16.9 Å². The average molecular weight is 520 g/mol. The van der Waals surface area contributed by atoms with E-state index in [4.69, 9.17) is 12.2 Å². The lowest BCUT2D eigenvalue weighted by molar-refractivity contribution is -0.143. The molecular formula is C23H16F3N3O4S2. The van der Waals surface area contributed by atoms with Crippen molar-refractivity contribution in [3.8, 4) is 0 Å². The van der Waals surface area contributed by atoms with Gasteiger partial charge in [-0.3, -0.25) is 29.0 Å². The van der Waals surface area contributed by atoms with Crippen LogP contribution in [0.15, 0.2) is 59.5 Å². The monoisotopic (exact) mass is 519 g/mol. The largest absolute Gasteiger partial charge is 0.416 e. The Bertz CT molecular complexity index is 1260. The summed E-state index contributed by atoms with van der Waals surface area (Å²) in [4.78, 5) is 52.8. The molecule has 2 aromatic carbocycles. The van der Waals surface area contributed by atoms with E-state index in [-0.39, 0.29) is 16.4 Å². The molecule has 35 heavy (non-hydrogen) atoms. The molecule has 7 nitrogen and oxygen atoms in total. The van der Waals surface area contributed by atoms with Crippen molar-refractivity contribution in [2.45, 2.75) is 18.6 Å². The van der Waals surface area contributed by atoms with Crippen LogP contribution in [-0.4, -0.2) is 50.3 Å². The maximum Gasteiger partial charge on any atom is 0.416 e. The van der Waals surface area contributed by atoms with Crippen molar-refractivity contribution in [1.82, 2.24) is 9.80 Å². The summed E-state index contributed by atoms with van der Waals surface area (Å²) in [5, 5.41) is 2.25. The number of hydrogen-bond donors (Lipinski definition) is 1. The van der Waals surface area contributed by atoms with Gasteiger partial charge >= 0.3 is 6.18 Å². The number of amides is 4. The van der Waals surface area contributed by atoms with Crippen molar-refractivity contribution in [2.75, 3.05) is 11.9 Å². The van der Waals surface area contributed by atoms with E-state index in [1.54, 1.807) is 30.3 Å². The fraction of sp³-hybridized carbons (Fsp3) is 0.174. The summed E-state index contributed by atoms with van der Waals surface area (Å²) in [6.07, 6.45) is -3.33. The number of thiocarbonyl (C=S) groups is 1. The molecule has 2 aliphatic rings. The number of nitrogens with zero attached hydrogens (tertiary/aromatic N) is 2. The van der Waals surface area contributed by atoms with E-state index in [0.29, 0.717) is 9.81 Å². The first-order valence-electron chi connectivity index (χ1n) is 10.2. The van der Waals surface area contributed by atoms with Crippen LogP contribution in [0.2, 0.25) is 0 Å². The lowest BCUT2D eigenvalue weighted by Gasteiger charge is -2.21. The number of thioether (sulfide) groups is 1. The Kier molecular flexibility index (Phi) is 6.77. The molecular weight excluding hydrogens is 503 g/mol. The van der Waals surface area contributed by atoms with Crippen LogP contribution in [0.4, 0.5) is 18.9 Å². The number of benzene rings is 2. The highest BCUT2D eigenvalue weighted by atomic mass is 32.2. The number of halogens is 3. The first kappa shape index (κ1) is 24.6. The van der Waals surface area contributed by atoms with Gasteiger partial charge in [-0.15, -0.1) is 0 Å². The van der Waals surface area contributed by atoms with Crippen LogP contribution in [-0.2, 0) is 25.4 Å². The topological polar surface area (TPSA) is 86.8 Å². The molecule has 0 unspecified atom stereocenters. The van der Waals surface area contributed by atoms with Crippen LogP contribution >= 0.6 is 24.0 Å². The number of imide groups is 1. The van der Waals surface area contributed by atoms with Gasteiger partial charge in [-0.2, -0.15) is 13.2 Å². The molecule has 2 heterocycles. The quantitative estimate of drug-likeness (QED) is 0.369. The molecule has 2 saturated heterocycles. The minimum absolute atomic E-state index is 0.110. The molecule has 0 spiro atoms. The van der Waals surface area contributed by atoms with Gasteiger partial charge in [0, 0.05) is 5.69 Å².